The molecular weight excluding hydrogens is 190 g/mol. The van der Waals surface area contributed by atoms with Crippen LogP contribution in [0.1, 0.15) is 6.42 Å². The van der Waals surface area contributed by atoms with E-state index in [9.17, 15) is 13.2 Å². The molecule has 1 unspecified atom stereocenters. The number of hydrogen-bond acceptors (Lipinski definition) is 3. The summed E-state index contributed by atoms with van der Waals surface area (Å²) in [4.78, 5) is 10.3. The summed E-state index contributed by atoms with van der Waals surface area (Å²) >= 11 is 5.01. The maximum Gasteiger partial charge on any atom is 0.314 e. The van der Waals surface area contributed by atoms with E-state index in [2.05, 4.69) is 5.32 Å². The summed E-state index contributed by atoms with van der Waals surface area (Å²) in [6, 6.07) is -0.287. The molecule has 0 aromatic rings. The van der Waals surface area contributed by atoms with E-state index in [4.69, 9.17) is 11.6 Å². The van der Waals surface area contributed by atoms with Crippen molar-refractivity contribution in [3.8, 4) is 0 Å². The molecule has 1 atom stereocenters. The van der Waals surface area contributed by atoms with Gasteiger partial charge in [0.15, 0.2) is 9.84 Å². The Hall–Kier alpha value is -0.290. The number of rotatable bonds is 1. The minimum atomic E-state index is -2.91. The largest absolute Gasteiger partial charge is 0.339 e. The minimum absolute atomic E-state index is 0.0193. The maximum absolute atomic E-state index is 10.8. The SMILES string of the molecule is O=C(Cl)NC1CCS(=O)(=O)C1. The second-order valence-corrected chi connectivity index (χ2v) is 5.09. The summed E-state index contributed by atoms with van der Waals surface area (Å²) in [7, 11) is -2.91. The molecule has 1 fully saturated rings. The van der Waals surface area contributed by atoms with Crippen LogP contribution in [-0.4, -0.2) is 31.3 Å². The molecule has 0 bridgehead atoms. The van der Waals surface area contributed by atoms with Gasteiger partial charge in [-0.2, -0.15) is 0 Å². The van der Waals surface area contributed by atoms with E-state index < -0.39 is 15.2 Å². The number of carbonyl (C=O) groups is 1. The molecule has 1 heterocycles. The normalized spacial score (nSPS) is 28.3. The molecule has 4 nitrogen and oxygen atoms in total. The van der Waals surface area contributed by atoms with Crippen LogP contribution in [0.3, 0.4) is 0 Å². The quantitative estimate of drug-likeness (QED) is 0.480. The predicted molar refractivity (Wildman–Crippen MR) is 41.4 cm³/mol. The number of sulfone groups is 1. The molecule has 0 aromatic carbocycles. The Morgan fingerprint density at radius 2 is 2.18 bits per heavy atom. The van der Waals surface area contributed by atoms with Crippen molar-refractivity contribution in [1.82, 2.24) is 5.32 Å². The highest BCUT2D eigenvalue weighted by Crippen LogP contribution is 2.11. The van der Waals surface area contributed by atoms with Crippen molar-refractivity contribution in [2.24, 2.45) is 0 Å². The zero-order valence-electron chi connectivity index (χ0n) is 5.71. The minimum Gasteiger partial charge on any atom is -0.339 e. The van der Waals surface area contributed by atoms with E-state index in [1.807, 2.05) is 0 Å². The second-order valence-electron chi connectivity index (χ2n) is 2.52. The van der Waals surface area contributed by atoms with E-state index >= 15 is 0 Å². The standard InChI is InChI=1S/C5H8ClNO3S/c6-5(8)7-4-1-2-11(9,10)3-4/h4H,1-3H2,(H,7,8). The highest BCUT2D eigenvalue weighted by molar-refractivity contribution is 7.91. The van der Waals surface area contributed by atoms with Gasteiger partial charge in [0.25, 0.3) is 0 Å². The summed E-state index contributed by atoms with van der Waals surface area (Å²) in [6.07, 6.45) is 0.473. The van der Waals surface area contributed by atoms with Crippen molar-refractivity contribution in [3.05, 3.63) is 0 Å². The second kappa shape index (κ2) is 2.98. The van der Waals surface area contributed by atoms with Gasteiger partial charge in [-0.1, -0.05) is 0 Å². The first-order valence-electron chi connectivity index (χ1n) is 3.16. The van der Waals surface area contributed by atoms with Crippen molar-refractivity contribution in [2.45, 2.75) is 12.5 Å². The van der Waals surface area contributed by atoms with Crippen LogP contribution < -0.4 is 5.32 Å². The van der Waals surface area contributed by atoms with Gasteiger partial charge in [0.05, 0.1) is 11.5 Å². The lowest BCUT2D eigenvalue weighted by Crippen LogP contribution is -2.31. The molecule has 1 aliphatic rings. The Balaban J connectivity index is 2.49. The van der Waals surface area contributed by atoms with Crippen LogP contribution in [0.2, 0.25) is 0 Å². The molecule has 0 aromatic heterocycles. The molecule has 6 heteroatoms. The van der Waals surface area contributed by atoms with Gasteiger partial charge < -0.3 is 5.32 Å². The number of carbonyl (C=O) groups excluding carboxylic acids is 1. The highest BCUT2D eigenvalue weighted by Gasteiger charge is 2.28. The molecule has 0 spiro atoms. The summed E-state index contributed by atoms with van der Waals surface area (Å²) in [5.41, 5.74) is 0. The maximum atomic E-state index is 10.8. The van der Waals surface area contributed by atoms with Gasteiger partial charge in [-0.05, 0) is 18.0 Å². The number of halogens is 1. The van der Waals surface area contributed by atoms with E-state index in [0.717, 1.165) is 0 Å². The van der Waals surface area contributed by atoms with Crippen molar-refractivity contribution < 1.29 is 13.2 Å². The zero-order valence-corrected chi connectivity index (χ0v) is 7.28. The van der Waals surface area contributed by atoms with Crippen molar-refractivity contribution in [1.29, 1.82) is 0 Å². The molecule has 1 aliphatic heterocycles. The Morgan fingerprint density at radius 1 is 1.55 bits per heavy atom. The Kier molecular flexibility index (Phi) is 2.39. The van der Waals surface area contributed by atoms with Crippen LogP contribution in [0.15, 0.2) is 0 Å². The monoisotopic (exact) mass is 197 g/mol. The first-order valence-corrected chi connectivity index (χ1v) is 5.36. The molecule has 1 rings (SSSR count). The predicted octanol–water partition coefficient (Wildman–Crippen LogP) is 0.122. The van der Waals surface area contributed by atoms with E-state index in [1.165, 1.54) is 0 Å². The van der Waals surface area contributed by atoms with E-state index in [1.54, 1.807) is 0 Å². The molecule has 64 valence electrons. The third-order valence-electron chi connectivity index (χ3n) is 1.55. The van der Waals surface area contributed by atoms with Crippen molar-refractivity contribution in [3.63, 3.8) is 0 Å². The molecule has 0 aliphatic carbocycles. The van der Waals surface area contributed by atoms with Crippen LogP contribution in [0.25, 0.3) is 0 Å². The molecule has 1 N–H and O–H groups in total. The average Bonchev–Trinajstić information content (AvgIpc) is 2.08. The van der Waals surface area contributed by atoms with Gasteiger partial charge in [0.2, 0.25) is 0 Å². The van der Waals surface area contributed by atoms with Gasteiger partial charge in [0, 0.05) is 6.04 Å². The fourth-order valence-corrected chi connectivity index (χ4v) is 2.90. The lowest BCUT2D eigenvalue weighted by Gasteiger charge is -2.05. The first kappa shape index (κ1) is 8.80. The topological polar surface area (TPSA) is 63.2 Å². The lowest BCUT2D eigenvalue weighted by atomic mass is 10.3. The fraction of sp³-hybridized carbons (Fsp3) is 0.800. The third kappa shape index (κ3) is 2.67. The van der Waals surface area contributed by atoms with Gasteiger partial charge >= 0.3 is 5.37 Å². The van der Waals surface area contributed by atoms with Crippen LogP contribution >= 0.6 is 11.6 Å². The van der Waals surface area contributed by atoms with Crippen LogP contribution in [0, 0.1) is 0 Å². The van der Waals surface area contributed by atoms with Crippen molar-refractivity contribution in [2.75, 3.05) is 11.5 Å². The van der Waals surface area contributed by atoms with E-state index in [0.29, 0.717) is 6.42 Å². The molecule has 11 heavy (non-hydrogen) atoms. The van der Waals surface area contributed by atoms with Gasteiger partial charge in [0.1, 0.15) is 0 Å². The third-order valence-corrected chi connectivity index (χ3v) is 3.43. The molecule has 1 amide bonds. The average molecular weight is 198 g/mol. The fourth-order valence-electron chi connectivity index (χ4n) is 1.07. The highest BCUT2D eigenvalue weighted by atomic mass is 35.5. The Morgan fingerprint density at radius 3 is 2.55 bits per heavy atom. The smallest absolute Gasteiger partial charge is 0.314 e. The molecular formula is C5H8ClNO3S. The zero-order chi connectivity index (χ0) is 8.48. The Bertz CT molecular complexity index is 261. The molecule has 0 radical (unpaired) electrons. The summed E-state index contributed by atoms with van der Waals surface area (Å²) < 4.78 is 21.7. The van der Waals surface area contributed by atoms with Gasteiger partial charge in [-0.3, -0.25) is 4.79 Å². The van der Waals surface area contributed by atoms with Crippen LogP contribution in [0.5, 0.6) is 0 Å². The summed E-state index contributed by atoms with van der Waals surface area (Å²) in [6.45, 7) is 0. The number of nitrogens with one attached hydrogen (secondary N) is 1. The summed E-state index contributed by atoms with van der Waals surface area (Å²) in [5, 5.41) is 1.66. The Labute approximate surface area is 69.8 Å². The van der Waals surface area contributed by atoms with Crippen molar-refractivity contribution >= 4 is 26.8 Å². The molecule has 0 saturated carbocycles. The van der Waals surface area contributed by atoms with Crippen LogP contribution in [0.4, 0.5) is 4.79 Å². The van der Waals surface area contributed by atoms with E-state index in [-0.39, 0.29) is 17.5 Å². The van der Waals surface area contributed by atoms with Crippen LogP contribution in [-0.2, 0) is 9.84 Å². The first-order chi connectivity index (χ1) is 4.99. The van der Waals surface area contributed by atoms with Gasteiger partial charge in [-0.15, -0.1) is 0 Å². The number of hydrogen-bond donors (Lipinski definition) is 1. The summed E-state index contributed by atoms with van der Waals surface area (Å²) in [5.74, 6) is 0.167. The molecule has 1 saturated heterocycles. The van der Waals surface area contributed by atoms with Gasteiger partial charge in [-0.25, -0.2) is 8.42 Å². The lowest BCUT2D eigenvalue weighted by molar-refractivity contribution is 0.257. The number of amides is 1.